The fourth-order valence-corrected chi connectivity index (χ4v) is 3.86. The second kappa shape index (κ2) is 9.56. The number of nitrogens with zero attached hydrogens (tertiary/aromatic N) is 4. The molecule has 6 nitrogen and oxygen atoms in total. The van der Waals surface area contributed by atoms with Crippen LogP contribution < -0.4 is 4.74 Å². The summed E-state index contributed by atoms with van der Waals surface area (Å²) in [5.74, 6) is 1.92. The van der Waals surface area contributed by atoms with Gasteiger partial charge in [0, 0.05) is 23.7 Å². The minimum absolute atomic E-state index is 0.215. The highest BCUT2D eigenvalue weighted by atomic mass is 32.2. The zero-order valence-electron chi connectivity index (χ0n) is 16.5. The van der Waals surface area contributed by atoms with Gasteiger partial charge in [-0.1, -0.05) is 48.2 Å². The molecule has 0 radical (unpaired) electrons. The Kier molecular flexibility index (Phi) is 6.41. The lowest BCUT2D eigenvalue weighted by Crippen LogP contribution is -2.20. The molecule has 30 heavy (non-hydrogen) atoms. The first-order valence-corrected chi connectivity index (χ1v) is 10.6. The largest absolute Gasteiger partial charge is 0.491 e. The monoisotopic (exact) mass is 418 g/mol. The Morgan fingerprint density at radius 3 is 2.47 bits per heavy atom. The van der Waals surface area contributed by atoms with E-state index in [0.29, 0.717) is 5.75 Å². The van der Waals surface area contributed by atoms with Gasteiger partial charge in [0.05, 0.1) is 11.8 Å². The van der Waals surface area contributed by atoms with E-state index >= 15 is 0 Å². The van der Waals surface area contributed by atoms with Crippen molar-refractivity contribution in [1.82, 2.24) is 19.7 Å². The molecule has 0 bridgehead atoms. The average Bonchev–Trinajstić information content (AvgIpc) is 3.21. The van der Waals surface area contributed by atoms with Crippen LogP contribution in [0.4, 0.5) is 0 Å². The van der Waals surface area contributed by atoms with Gasteiger partial charge < -0.3 is 9.84 Å². The van der Waals surface area contributed by atoms with Crippen LogP contribution in [0.5, 0.6) is 5.75 Å². The van der Waals surface area contributed by atoms with E-state index in [1.54, 1.807) is 12.4 Å². The van der Waals surface area contributed by atoms with Crippen LogP contribution in [0.3, 0.4) is 0 Å². The van der Waals surface area contributed by atoms with Gasteiger partial charge in [0.15, 0.2) is 11.0 Å². The lowest BCUT2D eigenvalue weighted by Gasteiger charge is -2.14. The normalized spacial score (nSPS) is 11.9. The lowest BCUT2D eigenvalue weighted by molar-refractivity contribution is 0.126. The zero-order chi connectivity index (χ0) is 20.8. The molecule has 0 aliphatic rings. The molecule has 0 saturated heterocycles. The highest BCUT2D eigenvalue weighted by Crippen LogP contribution is 2.29. The molecular weight excluding hydrogens is 396 g/mol. The number of aliphatic hydroxyl groups is 1. The highest BCUT2D eigenvalue weighted by molar-refractivity contribution is 7.99. The van der Waals surface area contributed by atoms with Gasteiger partial charge >= 0.3 is 0 Å². The van der Waals surface area contributed by atoms with E-state index < -0.39 is 6.10 Å². The number of hydrogen-bond donors (Lipinski definition) is 1. The summed E-state index contributed by atoms with van der Waals surface area (Å²) in [4.78, 5) is 4.09. The summed E-state index contributed by atoms with van der Waals surface area (Å²) in [6.45, 7) is 2.27. The number of pyridine rings is 1. The van der Waals surface area contributed by atoms with E-state index in [-0.39, 0.29) is 6.61 Å². The van der Waals surface area contributed by atoms with Crippen LogP contribution >= 0.6 is 11.8 Å². The van der Waals surface area contributed by atoms with E-state index in [9.17, 15) is 5.11 Å². The van der Waals surface area contributed by atoms with Crippen molar-refractivity contribution < 1.29 is 9.84 Å². The number of aliphatic hydroxyl groups excluding tert-OH is 1. The first-order valence-electron chi connectivity index (χ1n) is 9.63. The SMILES string of the molecule is Cc1ccccc1-n1c(SC[C@@H](O)COc2ccccc2)nnc1-c1ccncc1. The maximum atomic E-state index is 10.4. The Bertz CT molecular complexity index is 1090. The van der Waals surface area contributed by atoms with Gasteiger partial charge in [-0.2, -0.15) is 0 Å². The maximum Gasteiger partial charge on any atom is 0.196 e. The zero-order valence-corrected chi connectivity index (χ0v) is 17.4. The van der Waals surface area contributed by atoms with Crippen LogP contribution in [0, 0.1) is 6.92 Å². The van der Waals surface area contributed by atoms with Crippen molar-refractivity contribution in [2.75, 3.05) is 12.4 Å². The number of aromatic nitrogens is 4. The number of benzene rings is 2. The number of rotatable bonds is 8. The highest BCUT2D eigenvalue weighted by Gasteiger charge is 2.18. The Hall–Kier alpha value is -3.16. The van der Waals surface area contributed by atoms with Crippen LogP contribution in [0.1, 0.15) is 5.56 Å². The number of ether oxygens (including phenoxy) is 1. The van der Waals surface area contributed by atoms with Gasteiger partial charge in [-0.15, -0.1) is 10.2 Å². The average molecular weight is 419 g/mol. The smallest absolute Gasteiger partial charge is 0.196 e. The first-order chi connectivity index (χ1) is 14.7. The molecule has 0 aliphatic carbocycles. The van der Waals surface area contributed by atoms with Crippen LogP contribution in [-0.2, 0) is 0 Å². The third-order valence-corrected chi connectivity index (χ3v) is 5.59. The van der Waals surface area contributed by atoms with Crippen molar-refractivity contribution in [2.45, 2.75) is 18.2 Å². The summed E-state index contributed by atoms with van der Waals surface area (Å²) in [5, 5.41) is 19.9. The molecular formula is C23H22N4O2S. The Morgan fingerprint density at radius 1 is 0.967 bits per heavy atom. The minimum Gasteiger partial charge on any atom is -0.491 e. The topological polar surface area (TPSA) is 73.1 Å². The van der Waals surface area contributed by atoms with E-state index in [4.69, 9.17) is 4.74 Å². The molecule has 1 N–H and O–H groups in total. The summed E-state index contributed by atoms with van der Waals surface area (Å²) < 4.78 is 7.68. The standard InChI is InChI=1S/C23H22N4O2S/c1-17-7-5-6-10-21(17)27-22(18-11-13-24-14-12-18)25-26-23(27)30-16-19(28)15-29-20-8-3-2-4-9-20/h2-14,19,28H,15-16H2,1H3/t19-/m0/s1. The van der Waals surface area contributed by atoms with Crippen molar-refractivity contribution in [1.29, 1.82) is 0 Å². The molecule has 4 rings (SSSR count). The Labute approximate surface area is 179 Å². The van der Waals surface area contributed by atoms with Crippen molar-refractivity contribution in [2.24, 2.45) is 0 Å². The molecule has 152 valence electrons. The Balaban J connectivity index is 1.54. The molecule has 4 aromatic rings. The van der Waals surface area contributed by atoms with Gasteiger partial charge in [-0.25, -0.2) is 0 Å². The molecule has 0 aliphatic heterocycles. The molecule has 0 fully saturated rings. The summed E-state index contributed by atoms with van der Waals surface area (Å²) in [5.41, 5.74) is 3.05. The minimum atomic E-state index is -0.637. The molecule has 0 saturated carbocycles. The van der Waals surface area contributed by atoms with E-state index in [2.05, 4.69) is 28.2 Å². The molecule has 0 unspecified atom stereocenters. The second-order valence-electron chi connectivity index (χ2n) is 6.75. The van der Waals surface area contributed by atoms with Crippen molar-refractivity contribution >= 4 is 11.8 Å². The molecule has 2 heterocycles. The van der Waals surface area contributed by atoms with E-state index in [0.717, 1.165) is 33.5 Å². The lowest BCUT2D eigenvalue weighted by atomic mass is 10.2. The maximum absolute atomic E-state index is 10.4. The van der Waals surface area contributed by atoms with Crippen LogP contribution in [0.15, 0.2) is 84.3 Å². The molecule has 0 spiro atoms. The van der Waals surface area contributed by atoms with E-state index in [1.807, 2.05) is 65.2 Å². The third kappa shape index (κ3) is 4.69. The predicted octanol–water partition coefficient (Wildman–Crippen LogP) is 4.17. The van der Waals surface area contributed by atoms with Gasteiger partial charge in [-0.3, -0.25) is 9.55 Å². The third-order valence-electron chi connectivity index (χ3n) is 4.52. The summed E-state index contributed by atoms with van der Waals surface area (Å²) in [6.07, 6.45) is 2.84. The second-order valence-corrected chi connectivity index (χ2v) is 7.74. The summed E-state index contributed by atoms with van der Waals surface area (Å²) in [6, 6.07) is 21.4. The number of para-hydroxylation sites is 2. The molecule has 2 aromatic heterocycles. The van der Waals surface area contributed by atoms with E-state index in [1.165, 1.54) is 11.8 Å². The summed E-state index contributed by atoms with van der Waals surface area (Å²) in [7, 11) is 0. The first kappa shape index (κ1) is 20.1. The van der Waals surface area contributed by atoms with Crippen LogP contribution in [-0.4, -0.2) is 43.3 Å². The quantitative estimate of drug-likeness (QED) is 0.433. The molecule has 1 atom stereocenters. The van der Waals surface area contributed by atoms with Crippen molar-refractivity contribution in [3.05, 3.63) is 84.7 Å². The van der Waals surface area contributed by atoms with Gasteiger partial charge in [-0.05, 0) is 42.8 Å². The fraction of sp³-hybridized carbons (Fsp3) is 0.174. The number of thioether (sulfide) groups is 1. The Morgan fingerprint density at radius 2 is 1.70 bits per heavy atom. The van der Waals surface area contributed by atoms with Gasteiger partial charge in [0.25, 0.3) is 0 Å². The van der Waals surface area contributed by atoms with Crippen LogP contribution in [0.25, 0.3) is 17.1 Å². The van der Waals surface area contributed by atoms with Crippen LogP contribution in [0.2, 0.25) is 0 Å². The van der Waals surface area contributed by atoms with Gasteiger partial charge in [0.1, 0.15) is 12.4 Å². The predicted molar refractivity (Wildman–Crippen MR) is 118 cm³/mol. The number of hydrogen-bond acceptors (Lipinski definition) is 6. The molecule has 7 heteroatoms. The van der Waals surface area contributed by atoms with Crippen molar-refractivity contribution in [3.8, 4) is 22.8 Å². The molecule has 0 amide bonds. The van der Waals surface area contributed by atoms with Gasteiger partial charge in [0.2, 0.25) is 0 Å². The van der Waals surface area contributed by atoms with Crippen molar-refractivity contribution in [3.63, 3.8) is 0 Å². The molecule has 2 aromatic carbocycles. The fourth-order valence-electron chi connectivity index (χ4n) is 3.01. The summed E-state index contributed by atoms with van der Waals surface area (Å²) >= 11 is 1.45. The number of aryl methyl sites for hydroxylation is 1.